The minimum Gasteiger partial charge on any atom is -0.465 e. The lowest BCUT2D eigenvalue weighted by molar-refractivity contribution is 0.0600. The summed E-state index contributed by atoms with van der Waals surface area (Å²) in [7, 11) is 1.34. The van der Waals surface area contributed by atoms with Gasteiger partial charge in [-0.05, 0) is 47.9 Å². The number of nitrogens with zero attached hydrogens (tertiary/aromatic N) is 1. The number of aromatic nitrogens is 1. The number of amides is 1. The Morgan fingerprint density at radius 3 is 2.45 bits per heavy atom. The molecule has 3 rings (SSSR count). The topological polar surface area (TPSA) is 80.3 Å². The summed E-state index contributed by atoms with van der Waals surface area (Å²) in [5.41, 5.74) is 4.05. The van der Waals surface area contributed by atoms with Gasteiger partial charge in [0, 0.05) is 11.4 Å². The van der Waals surface area contributed by atoms with Gasteiger partial charge in [0.1, 0.15) is 5.69 Å². The first kappa shape index (κ1) is 20.1. The number of rotatable bonds is 6. The number of carbonyl (C=O) groups excluding carboxylic acids is 2. The van der Waals surface area contributed by atoms with Gasteiger partial charge in [0.15, 0.2) is 0 Å². The molecule has 0 radical (unpaired) electrons. The van der Waals surface area contributed by atoms with Gasteiger partial charge in [-0.1, -0.05) is 38.1 Å². The van der Waals surface area contributed by atoms with Crippen molar-refractivity contribution in [3.8, 4) is 0 Å². The number of nitrogens with one attached hydrogen (secondary N) is 2. The number of anilines is 3. The van der Waals surface area contributed by atoms with Gasteiger partial charge in [-0.15, -0.1) is 0 Å². The average Bonchev–Trinajstić information content (AvgIpc) is 2.74. The Kier molecular flexibility index (Phi) is 6.24. The second-order valence-electron chi connectivity index (χ2n) is 6.83. The van der Waals surface area contributed by atoms with E-state index in [0.717, 1.165) is 16.9 Å². The van der Waals surface area contributed by atoms with Gasteiger partial charge in [-0.2, -0.15) is 0 Å². The van der Waals surface area contributed by atoms with Crippen molar-refractivity contribution in [2.75, 3.05) is 17.7 Å². The predicted octanol–water partition coefficient (Wildman–Crippen LogP) is 4.99. The van der Waals surface area contributed by atoms with Crippen LogP contribution in [-0.2, 0) is 4.74 Å². The second-order valence-corrected chi connectivity index (χ2v) is 6.83. The molecule has 1 amide bonds. The van der Waals surface area contributed by atoms with Gasteiger partial charge in [0.25, 0.3) is 5.91 Å². The van der Waals surface area contributed by atoms with Crippen LogP contribution < -0.4 is 10.6 Å². The highest BCUT2D eigenvalue weighted by atomic mass is 16.5. The lowest BCUT2D eigenvalue weighted by Crippen LogP contribution is -2.15. The first-order valence-corrected chi connectivity index (χ1v) is 9.29. The van der Waals surface area contributed by atoms with Gasteiger partial charge < -0.3 is 15.4 Å². The standard InChI is InChI=1S/C23H23N3O3/c1-15(2)19-9-4-5-10-20(19)26-22(27)21-12-11-18(14-24-21)25-17-8-6-7-16(13-17)23(28)29-3/h4-15,25H,1-3H3,(H,26,27). The Labute approximate surface area is 169 Å². The van der Waals surface area contributed by atoms with Crippen molar-refractivity contribution in [1.29, 1.82) is 0 Å². The van der Waals surface area contributed by atoms with E-state index in [9.17, 15) is 9.59 Å². The summed E-state index contributed by atoms with van der Waals surface area (Å²) in [5, 5.41) is 6.09. The van der Waals surface area contributed by atoms with Crippen LogP contribution in [0.1, 0.15) is 46.2 Å². The molecule has 29 heavy (non-hydrogen) atoms. The highest BCUT2D eigenvalue weighted by Gasteiger charge is 2.12. The zero-order valence-corrected chi connectivity index (χ0v) is 16.6. The van der Waals surface area contributed by atoms with Crippen LogP contribution in [0.4, 0.5) is 17.1 Å². The van der Waals surface area contributed by atoms with Gasteiger partial charge >= 0.3 is 5.97 Å². The lowest BCUT2D eigenvalue weighted by Gasteiger charge is -2.13. The molecule has 0 fully saturated rings. The molecule has 0 spiro atoms. The molecule has 0 saturated carbocycles. The van der Waals surface area contributed by atoms with Crippen molar-refractivity contribution in [1.82, 2.24) is 4.98 Å². The van der Waals surface area contributed by atoms with E-state index >= 15 is 0 Å². The van der Waals surface area contributed by atoms with Gasteiger partial charge in [-0.3, -0.25) is 4.79 Å². The zero-order valence-electron chi connectivity index (χ0n) is 16.6. The van der Waals surface area contributed by atoms with Crippen LogP contribution in [-0.4, -0.2) is 24.0 Å². The fraction of sp³-hybridized carbons (Fsp3) is 0.174. The number of para-hydroxylation sites is 1. The first-order valence-electron chi connectivity index (χ1n) is 9.29. The molecule has 0 saturated heterocycles. The molecule has 2 aromatic carbocycles. The van der Waals surface area contributed by atoms with Crippen LogP contribution in [0.3, 0.4) is 0 Å². The summed E-state index contributed by atoms with van der Waals surface area (Å²) in [4.78, 5) is 28.5. The van der Waals surface area contributed by atoms with E-state index in [1.54, 1.807) is 36.5 Å². The molecule has 2 N–H and O–H groups in total. The first-order chi connectivity index (χ1) is 14.0. The zero-order chi connectivity index (χ0) is 20.8. The van der Waals surface area contributed by atoms with Gasteiger partial charge in [0.2, 0.25) is 0 Å². The molecule has 0 aliphatic carbocycles. The Morgan fingerprint density at radius 2 is 1.76 bits per heavy atom. The van der Waals surface area contributed by atoms with Crippen LogP contribution in [0.5, 0.6) is 0 Å². The van der Waals surface area contributed by atoms with E-state index in [0.29, 0.717) is 22.9 Å². The van der Waals surface area contributed by atoms with Crippen molar-refractivity contribution in [3.63, 3.8) is 0 Å². The molecular weight excluding hydrogens is 366 g/mol. The number of methoxy groups -OCH3 is 1. The van der Waals surface area contributed by atoms with Crippen LogP contribution in [0.15, 0.2) is 66.9 Å². The quantitative estimate of drug-likeness (QED) is 0.581. The molecule has 0 unspecified atom stereocenters. The highest BCUT2D eigenvalue weighted by Crippen LogP contribution is 2.24. The maximum absolute atomic E-state index is 12.6. The fourth-order valence-corrected chi connectivity index (χ4v) is 2.91. The molecule has 0 aliphatic rings. The molecule has 0 aliphatic heterocycles. The third-order valence-electron chi connectivity index (χ3n) is 4.40. The van der Waals surface area contributed by atoms with Crippen molar-refractivity contribution < 1.29 is 14.3 Å². The van der Waals surface area contributed by atoms with E-state index in [4.69, 9.17) is 4.74 Å². The van der Waals surface area contributed by atoms with Gasteiger partial charge in [0.05, 0.1) is 24.6 Å². The van der Waals surface area contributed by atoms with E-state index in [-0.39, 0.29) is 5.91 Å². The number of esters is 1. The van der Waals surface area contributed by atoms with Gasteiger partial charge in [-0.25, -0.2) is 9.78 Å². The number of carbonyl (C=O) groups is 2. The summed E-state index contributed by atoms with van der Waals surface area (Å²) < 4.78 is 4.73. The third-order valence-corrected chi connectivity index (χ3v) is 4.40. The summed E-state index contributed by atoms with van der Waals surface area (Å²) in [6.07, 6.45) is 1.58. The van der Waals surface area contributed by atoms with Crippen molar-refractivity contribution in [2.45, 2.75) is 19.8 Å². The van der Waals surface area contributed by atoms with Crippen molar-refractivity contribution in [3.05, 3.63) is 83.7 Å². The predicted molar refractivity (Wildman–Crippen MR) is 114 cm³/mol. The molecule has 3 aromatic rings. The molecular formula is C23H23N3O3. The number of benzene rings is 2. The average molecular weight is 389 g/mol. The smallest absolute Gasteiger partial charge is 0.337 e. The fourth-order valence-electron chi connectivity index (χ4n) is 2.91. The maximum Gasteiger partial charge on any atom is 0.337 e. The van der Waals surface area contributed by atoms with E-state index in [2.05, 4.69) is 29.5 Å². The molecule has 148 valence electrons. The second kappa shape index (κ2) is 9.01. The molecule has 6 heteroatoms. The maximum atomic E-state index is 12.6. The number of hydrogen-bond acceptors (Lipinski definition) is 5. The molecule has 1 heterocycles. The summed E-state index contributed by atoms with van der Waals surface area (Å²) in [5.74, 6) is -0.371. The minimum atomic E-state index is -0.402. The van der Waals surface area contributed by atoms with Crippen LogP contribution in [0.2, 0.25) is 0 Å². The van der Waals surface area contributed by atoms with Crippen molar-refractivity contribution >= 4 is 28.9 Å². The Hall–Kier alpha value is -3.67. The monoisotopic (exact) mass is 389 g/mol. The normalized spacial score (nSPS) is 10.5. The van der Waals surface area contributed by atoms with E-state index in [1.165, 1.54) is 7.11 Å². The number of hydrogen-bond donors (Lipinski definition) is 2. The summed E-state index contributed by atoms with van der Waals surface area (Å²) in [6.45, 7) is 4.16. The summed E-state index contributed by atoms with van der Waals surface area (Å²) >= 11 is 0. The van der Waals surface area contributed by atoms with E-state index < -0.39 is 5.97 Å². The SMILES string of the molecule is COC(=O)c1cccc(Nc2ccc(C(=O)Nc3ccccc3C(C)C)nc2)c1. The van der Waals surface area contributed by atoms with Crippen molar-refractivity contribution in [2.24, 2.45) is 0 Å². The van der Waals surface area contributed by atoms with Crippen LogP contribution in [0.25, 0.3) is 0 Å². The lowest BCUT2D eigenvalue weighted by atomic mass is 10.0. The number of ether oxygens (including phenoxy) is 1. The molecule has 1 aromatic heterocycles. The Bertz CT molecular complexity index is 1010. The Morgan fingerprint density at radius 1 is 0.966 bits per heavy atom. The van der Waals surface area contributed by atoms with Crippen LogP contribution in [0, 0.1) is 0 Å². The Balaban J connectivity index is 1.71. The molecule has 6 nitrogen and oxygen atoms in total. The molecule has 0 bridgehead atoms. The number of pyridine rings is 1. The van der Waals surface area contributed by atoms with E-state index in [1.807, 2.05) is 30.3 Å². The third kappa shape index (κ3) is 4.99. The summed E-state index contributed by atoms with van der Waals surface area (Å²) in [6, 6.07) is 18.1. The van der Waals surface area contributed by atoms with Crippen LogP contribution >= 0.6 is 0 Å². The minimum absolute atomic E-state index is 0.266. The largest absolute Gasteiger partial charge is 0.465 e. The molecule has 0 atom stereocenters. The highest BCUT2D eigenvalue weighted by molar-refractivity contribution is 6.03.